The first kappa shape index (κ1) is 15.8. The molecule has 2 rings (SSSR count). The Morgan fingerprint density at radius 3 is 2.33 bits per heavy atom. The van der Waals surface area contributed by atoms with Crippen LogP contribution in [0, 0.1) is 0 Å². The Balaban J connectivity index is 2.20. The van der Waals surface area contributed by atoms with Crippen molar-refractivity contribution in [2.24, 2.45) is 5.73 Å². The van der Waals surface area contributed by atoms with E-state index in [4.69, 9.17) is 5.73 Å². The number of nitrogens with zero attached hydrogens (tertiary/aromatic N) is 3. The van der Waals surface area contributed by atoms with Gasteiger partial charge in [0.25, 0.3) is 0 Å². The maximum atomic E-state index is 12.9. The molecule has 1 heterocycles. The molecule has 118 valence electrons. The summed E-state index contributed by atoms with van der Waals surface area (Å²) in [5, 5.41) is 3.08. The number of rotatable bonds is 3. The van der Waals surface area contributed by atoms with Gasteiger partial charge in [-0.3, -0.25) is 0 Å². The molecule has 1 aromatic heterocycles. The summed E-state index contributed by atoms with van der Waals surface area (Å²) >= 11 is 0. The Kier molecular flexibility index (Phi) is 4.55. The van der Waals surface area contributed by atoms with Crippen LogP contribution in [0.15, 0.2) is 6.07 Å². The van der Waals surface area contributed by atoms with Crippen molar-refractivity contribution in [2.75, 3.05) is 24.3 Å². The number of anilines is 2. The van der Waals surface area contributed by atoms with Crippen LogP contribution >= 0.6 is 0 Å². The molecule has 1 aromatic rings. The van der Waals surface area contributed by atoms with Crippen molar-refractivity contribution in [1.82, 2.24) is 9.97 Å². The van der Waals surface area contributed by atoms with Crippen molar-refractivity contribution in [3.63, 3.8) is 0 Å². The van der Waals surface area contributed by atoms with E-state index in [0.29, 0.717) is 0 Å². The summed E-state index contributed by atoms with van der Waals surface area (Å²) in [4.78, 5) is 9.13. The van der Waals surface area contributed by atoms with E-state index in [9.17, 15) is 13.2 Å². The van der Waals surface area contributed by atoms with E-state index in [-0.39, 0.29) is 23.8 Å². The lowest BCUT2D eigenvalue weighted by Crippen LogP contribution is -2.33. The van der Waals surface area contributed by atoms with Crippen LogP contribution in [0.1, 0.15) is 31.4 Å². The summed E-state index contributed by atoms with van der Waals surface area (Å²) < 4.78 is 38.7. The van der Waals surface area contributed by atoms with E-state index in [1.807, 2.05) is 0 Å². The molecule has 0 aromatic carbocycles. The number of hydrogen-bond donors (Lipinski definition) is 2. The highest BCUT2D eigenvalue weighted by atomic mass is 19.4. The maximum Gasteiger partial charge on any atom is 0.433 e. The number of aromatic nitrogens is 2. The molecule has 0 amide bonds. The second-order valence-corrected chi connectivity index (χ2v) is 5.59. The summed E-state index contributed by atoms with van der Waals surface area (Å²) in [6.45, 7) is 0. The first-order valence-corrected chi connectivity index (χ1v) is 6.91. The number of hydrogen-bond acceptors (Lipinski definition) is 5. The number of nitrogens with one attached hydrogen (secondary N) is 1. The lowest BCUT2D eigenvalue weighted by atomic mass is 9.92. The van der Waals surface area contributed by atoms with Gasteiger partial charge in [0, 0.05) is 32.2 Å². The molecule has 3 N–H and O–H groups in total. The molecule has 0 saturated heterocycles. The molecular weight excluding hydrogens is 283 g/mol. The lowest BCUT2D eigenvalue weighted by molar-refractivity contribution is -0.141. The molecule has 1 aliphatic carbocycles. The van der Waals surface area contributed by atoms with Gasteiger partial charge in [-0.25, -0.2) is 4.98 Å². The SMILES string of the molecule is CN(C)c1nc(NC2CCC(N)CC2)cc(C(F)(F)F)n1. The van der Waals surface area contributed by atoms with Crippen LogP contribution in [0.5, 0.6) is 0 Å². The molecule has 1 fully saturated rings. The first-order valence-electron chi connectivity index (χ1n) is 6.91. The van der Waals surface area contributed by atoms with Crippen molar-refractivity contribution in [3.05, 3.63) is 11.8 Å². The fourth-order valence-electron chi connectivity index (χ4n) is 2.33. The van der Waals surface area contributed by atoms with Gasteiger partial charge in [-0.1, -0.05) is 0 Å². The summed E-state index contributed by atoms with van der Waals surface area (Å²) in [6.07, 6.45) is -1.07. The minimum absolute atomic E-state index is 0.0415. The van der Waals surface area contributed by atoms with Gasteiger partial charge in [-0.05, 0) is 25.7 Å². The van der Waals surface area contributed by atoms with E-state index in [1.54, 1.807) is 14.1 Å². The molecule has 0 spiro atoms. The molecule has 8 heteroatoms. The monoisotopic (exact) mass is 303 g/mol. The second kappa shape index (κ2) is 6.05. The Hall–Kier alpha value is -1.57. The summed E-state index contributed by atoms with van der Waals surface area (Å²) in [6, 6.07) is 1.26. The van der Waals surface area contributed by atoms with Crippen LogP contribution < -0.4 is 16.0 Å². The third-order valence-electron chi connectivity index (χ3n) is 3.53. The largest absolute Gasteiger partial charge is 0.433 e. The number of nitrogens with two attached hydrogens (primary N) is 1. The first-order chi connectivity index (χ1) is 9.75. The predicted octanol–water partition coefficient (Wildman–Crippen LogP) is 2.24. The fourth-order valence-corrected chi connectivity index (χ4v) is 2.33. The van der Waals surface area contributed by atoms with Crippen LogP contribution in [-0.4, -0.2) is 36.1 Å². The topological polar surface area (TPSA) is 67.1 Å². The standard InChI is InChI=1S/C13H20F3N5/c1-21(2)12-19-10(13(14,15)16)7-11(20-12)18-9-5-3-8(17)4-6-9/h7-9H,3-6,17H2,1-2H3,(H,18,19,20). The number of alkyl halides is 3. The van der Waals surface area contributed by atoms with Crippen molar-refractivity contribution < 1.29 is 13.2 Å². The Bertz CT molecular complexity index is 481. The van der Waals surface area contributed by atoms with Crippen LogP contribution in [0.3, 0.4) is 0 Å². The minimum atomic E-state index is -4.49. The zero-order valence-electron chi connectivity index (χ0n) is 12.1. The van der Waals surface area contributed by atoms with E-state index >= 15 is 0 Å². The van der Waals surface area contributed by atoms with Crippen LogP contribution in [0.2, 0.25) is 0 Å². The van der Waals surface area contributed by atoms with E-state index in [0.717, 1.165) is 31.7 Å². The van der Waals surface area contributed by atoms with Gasteiger partial charge in [0.2, 0.25) is 5.95 Å². The van der Waals surface area contributed by atoms with Gasteiger partial charge in [-0.15, -0.1) is 0 Å². The zero-order chi connectivity index (χ0) is 15.6. The highest BCUT2D eigenvalue weighted by Crippen LogP contribution is 2.30. The molecule has 1 saturated carbocycles. The molecule has 1 aliphatic rings. The average molecular weight is 303 g/mol. The Morgan fingerprint density at radius 2 is 1.81 bits per heavy atom. The van der Waals surface area contributed by atoms with Crippen LogP contribution in [0.4, 0.5) is 24.9 Å². The third-order valence-corrected chi connectivity index (χ3v) is 3.53. The molecule has 21 heavy (non-hydrogen) atoms. The minimum Gasteiger partial charge on any atom is -0.367 e. The normalized spacial score (nSPS) is 23.0. The smallest absolute Gasteiger partial charge is 0.367 e. The quantitative estimate of drug-likeness (QED) is 0.896. The van der Waals surface area contributed by atoms with Crippen molar-refractivity contribution >= 4 is 11.8 Å². The predicted molar refractivity (Wildman–Crippen MR) is 75.2 cm³/mol. The van der Waals surface area contributed by atoms with Gasteiger partial charge in [0.1, 0.15) is 5.82 Å². The maximum absolute atomic E-state index is 12.9. The van der Waals surface area contributed by atoms with Gasteiger partial charge in [0.15, 0.2) is 5.69 Å². The molecule has 5 nitrogen and oxygen atoms in total. The fraction of sp³-hybridized carbons (Fsp3) is 0.692. The number of halogens is 3. The molecule has 0 bridgehead atoms. The van der Waals surface area contributed by atoms with Crippen LogP contribution in [0.25, 0.3) is 0 Å². The summed E-state index contributed by atoms with van der Waals surface area (Å²) in [7, 11) is 3.22. The molecular formula is C13H20F3N5. The van der Waals surface area contributed by atoms with Crippen molar-refractivity contribution in [3.8, 4) is 0 Å². The second-order valence-electron chi connectivity index (χ2n) is 5.59. The molecule has 0 atom stereocenters. The van der Waals surface area contributed by atoms with E-state index in [1.165, 1.54) is 4.90 Å². The zero-order valence-corrected chi connectivity index (χ0v) is 12.1. The molecule has 0 aliphatic heterocycles. The van der Waals surface area contributed by atoms with E-state index < -0.39 is 11.9 Å². The molecule has 0 radical (unpaired) electrons. The highest BCUT2D eigenvalue weighted by Gasteiger charge is 2.34. The van der Waals surface area contributed by atoms with Crippen LogP contribution in [-0.2, 0) is 6.18 Å². The summed E-state index contributed by atoms with van der Waals surface area (Å²) in [5.41, 5.74) is 4.89. The van der Waals surface area contributed by atoms with E-state index in [2.05, 4.69) is 15.3 Å². The van der Waals surface area contributed by atoms with Crippen molar-refractivity contribution in [1.29, 1.82) is 0 Å². The van der Waals surface area contributed by atoms with Gasteiger partial charge < -0.3 is 16.0 Å². The molecule has 0 unspecified atom stereocenters. The van der Waals surface area contributed by atoms with Gasteiger partial charge >= 0.3 is 6.18 Å². The highest BCUT2D eigenvalue weighted by molar-refractivity contribution is 5.44. The van der Waals surface area contributed by atoms with Crippen molar-refractivity contribution in [2.45, 2.75) is 43.9 Å². The van der Waals surface area contributed by atoms with Gasteiger partial charge in [0.05, 0.1) is 0 Å². The Labute approximate surface area is 121 Å². The Morgan fingerprint density at radius 1 is 1.19 bits per heavy atom. The lowest BCUT2D eigenvalue weighted by Gasteiger charge is -2.27. The summed E-state index contributed by atoms with van der Waals surface area (Å²) in [5.74, 6) is 0.251. The van der Waals surface area contributed by atoms with Gasteiger partial charge in [-0.2, -0.15) is 18.2 Å². The average Bonchev–Trinajstić information content (AvgIpc) is 2.40. The third kappa shape index (κ3) is 4.20.